The van der Waals surface area contributed by atoms with Crippen molar-refractivity contribution >= 4 is 11.8 Å². The lowest BCUT2D eigenvalue weighted by Crippen LogP contribution is -2.43. The maximum absolute atomic E-state index is 12.0. The van der Waals surface area contributed by atoms with Gasteiger partial charge in [-0.05, 0) is 30.7 Å². The van der Waals surface area contributed by atoms with Crippen molar-refractivity contribution < 1.29 is 9.59 Å². The molecule has 2 rings (SSSR count). The Balaban J connectivity index is 2.19. The van der Waals surface area contributed by atoms with Crippen molar-refractivity contribution in [1.82, 2.24) is 14.9 Å². The molecule has 114 valence electrons. The van der Waals surface area contributed by atoms with E-state index in [1.807, 2.05) is 0 Å². The summed E-state index contributed by atoms with van der Waals surface area (Å²) in [6.45, 7) is 1.76. The molecule has 0 spiro atoms. The number of carbonyl (C=O) groups excluding carboxylic acids is 2. The summed E-state index contributed by atoms with van der Waals surface area (Å²) < 4.78 is 1.41. The van der Waals surface area contributed by atoms with Gasteiger partial charge >= 0.3 is 0 Å². The number of nitrogens with two attached hydrogens (primary N) is 1. The maximum atomic E-state index is 12.0. The molecule has 0 fully saturated rings. The highest BCUT2D eigenvalue weighted by atomic mass is 16.2. The zero-order valence-electron chi connectivity index (χ0n) is 12.0. The fourth-order valence-electron chi connectivity index (χ4n) is 1.95. The first-order chi connectivity index (χ1) is 10.5. The van der Waals surface area contributed by atoms with E-state index in [1.54, 1.807) is 31.2 Å². The molecule has 22 heavy (non-hydrogen) atoms. The Kier molecular flexibility index (Phi) is 4.67. The number of nitrogens with one attached hydrogen (secondary N) is 1. The fraction of sp³-hybridized carbons (Fsp3) is 0.200. The molecule has 1 aromatic carbocycles. The zero-order chi connectivity index (χ0) is 16.1. The van der Waals surface area contributed by atoms with Crippen molar-refractivity contribution in [3.8, 4) is 5.69 Å². The number of benzene rings is 1. The zero-order valence-corrected chi connectivity index (χ0v) is 12.0. The molecule has 0 aliphatic carbocycles. The van der Waals surface area contributed by atoms with Crippen LogP contribution in [0.5, 0.6) is 0 Å². The third-order valence-corrected chi connectivity index (χ3v) is 3.19. The first-order valence-electron chi connectivity index (χ1n) is 6.76. The van der Waals surface area contributed by atoms with Crippen molar-refractivity contribution in [2.45, 2.75) is 19.4 Å². The van der Waals surface area contributed by atoms with Crippen LogP contribution in [0, 0.1) is 0 Å². The molecule has 7 nitrogen and oxygen atoms in total. The summed E-state index contributed by atoms with van der Waals surface area (Å²) in [6, 6.07) is 5.73. The summed E-state index contributed by atoms with van der Waals surface area (Å²) in [5.41, 5.74) is 5.93. The maximum Gasteiger partial charge on any atom is 0.273 e. The van der Waals surface area contributed by atoms with Crippen LogP contribution in [0.4, 0.5) is 0 Å². The van der Waals surface area contributed by atoms with Crippen LogP contribution < -0.4 is 16.6 Å². The molecule has 2 aromatic rings. The van der Waals surface area contributed by atoms with Gasteiger partial charge in [0.05, 0.1) is 6.20 Å². The molecule has 7 heteroatoms. The van der Waals surface area contributed by atoms with Crippen molar-refractivity contribution in [1.29, 1.82) is 0 Å². The van der Waals surface area contributed by atoms with Crippen LogP contribution in [0.3, 0.4) is 0 Å². The highest BCUT2D eigenvalue weighted by Crippen LogP contribution is 2.08. The Morgan fingerprint density at radius 2 is 2.00 bits per heavy atom. The van der Waals surface area contributed by atoms with Crippen LogP contribution in [0.2, 0.25) is 0 Å². The van der Waals surface area contributed by atoms with Gasteiger partial charge in [-0.2, -0.15) is 0 Å². The Morgan fingerprint density at radius 3 is 2.55 bits per heavy atom. The average Bonchev–Trinajstić information content (AvgIpc) is 2.52. The molecule has 1 aromatic heterocycles. The van der Waals surface area contributed by atoms with E-state index in [0.717, 1.165) is 0 Å². The number of hydrogen-bond donors (Lipinski definition) is 2. The number of nitrogens with zero attached hydrogens (tertiary/aromatic N) is 2. The van der Waals surface area contributed by atoms with Crippen LogP contribution in [-0.4, -0.2) is 27.4 Å². The van der Waals surface area contributed by atoms with Gasteiger partial charge in [0.1, 0.15) is 6.04 Å². The minimum Gasteiger partial charge on any atom is -0.368 e. The largest absolute Gasteiger partial charge is 0.368 e. The van der Waals surface area contributed by atoms with Gasteiger partial charge in [0.25, 0.3) is 11.5 Å². The third-order valence-electron chi connectivity index (χ3n) is 3.19. The highest BCUT2D eigenvalue weighted by molar-refractivity contribution is 5.97. The Bertz CT molecular complexity index is 737. The van der Waals surface area contributed by atoms with Gasteiger partial charge in [0.15, 0.2) is 0 Å². The fourth-order valence-corrected chi connectivity index (χ4v) is 1.95. The van der Waals surface area contributed by atoms with Crippen molar-refractivity contribution in [2.75, 3.05) is 0 Å². The molecule has 0 aliphatic heterocycles. The Labute approximate surface area is 126 Å². The van der Waals surface area contributed by atoms with E-state index in [-0.39, 0.29) is 11.5 Å². The van der Waals surface area contributed by atoms with E-state index in [0.29, 0.717) is 17.7 Å². The van der Waals surface area contributed by atoms with Gasteiger partial charge in [0, 0.05) is 23.6 Å². The third kappa shape index (κ3) is 3.38. The van der Waals surface area contributed by atoms with Gasteiger partial charge in [-0.3, -0.25) is 23.9 Å². The van der Waals surface area contributed by atoms with E-state index < -0.39 is 11.9 Å². The molecule has 0 saturated carbocycles. The van der Waals surface area contributed by atoms with Gasteiger partial charge in [0.2, 0.25) is 5.91 Å². The standard InChI is InChI=1S/C15H16N4O3/c1-2-12(14(16)21)18-15(22)10-3-5-11(6-4-10)19-8-7-17-9-13(19)20/h3-9,12H,2H2,1H3,(H2,16,21)(H,18,22). The van der Waals surface area contributed by atoms with Gasteiger partial charge in [-0.25, -0.2) is 0 Å². The second-order valence-electron chi connectivity index (χ2n) is 4.67. The highest BCUT2D eigenvalue weighted by Gasteiger charge is 2.16. The summed E-state index contributed by atoms with van der Waals surface area (Å²) in [6.07, 6.45) is 4.67. The van der Waals surface area contributed by atoms with Crippen molar-refractivity contribution in [3.63, 3.8) is 0 Å². The predicted octanol–water partition coefficient (Wildman–Crippen LogP) is 0.226. The molecule has 0 saturated heterocycles. The number of carbonyl (C=O) groups is 2. The second-order valence-corrected chi connectivity index (χ2v) is 4.67. The van der Waals surface area contributed by atoms with Gasteiger partial charge in [-0.1, -0.05) is 6.92 Å². The Morgan fingerprint density at radius 1 is 1.32 bits per heavy atom. The molecular weight excluding hydrogens is 284 g/mol. The number of rotatable bonds is 5. The predicted molar refractivity (Wildman–Crippen MR) is 80.6 cm³/mol. The number of aromatic nitrogens is 2. The van der Waals surface area contributed by atoms with Crippen LogP contribution in [0.1, 0.15) is 23.7 Å². The summed E-state index contributed by atoms with van der Waals surface area (Å²) in [5, 5.41) is 2.56. The van der Waals surface area contributed by atoms with Crippen LogP contribution in [0.15, 0.2) is 47.7 Å². The lowest BCUT2D eigenvalue weighted by Gasteiger charge is -2.13. The van der Waals surface area contributed by atoms with E-state index in [9.17, 15) is 14.4 Å². The first kappa shape index (κ1) is 15.4. The van der Waals surface area contributed by atoms with Crippen LogP contribution in [-0.2, 0) is 4.79 Å². The summed E-state index contributed by atoms with van der Waals surface area (Å²) in [7, 11) is 0. The van der Waals surface area contributed by atoms with Crippen molar-refractivity contribution in [2.24, 2.45) is 5.73 Å². The first-order valence-corrected chi connectivity index (χ1v) is 6.76. The number of hydrogen-bond acceptors (Lipinski definition) is 4. The van der Waals surface area contributed by atoms with E-state index >= 15 is 0 Å². The molecule has 0 radical (unpaired) electrons. The quantitative estimate of drug-likeness (QED) is 0.824. The lowest BCUT2D eigenvalue weighted by atomic mass is 10.1. The molecular formula is C15H16N4O3. The molecule has 3 N–H and O–H groups in total. The molecule has 0 aliphatic rings. The number of primary amides is 1. The summed E-state index contributed by atoms with van der Waals surface area (Å²) >= 11 is 0. The molecule has 1 unspecified atom stereocenters. The van der Waals surface area contributed by atoms with E-state index in [4.69, 9.17) is 5.73 Å². The minimum atomic E-state index is -0.699. The molecule has 2 amide bonds. The van der Waals surface area contributed by atoms with E-state index in [2.05, 4.69) is 10.3 Å². The molecule has 0 bridgehead atoms. The monoisotopic (exact) mass is 300 g/mol. The lowest BCUT2D eigenvalue weighted by molar-refractivity contribution is -0.119. The average molecular weight is 300 g/mol. The molecule has 1 heterocycles. The SMILES string of the molecule is CCC(NC(=O)c1ccc(-n2ccncc2=O)cc1)C(N)=O. The second kappa shape index (κ2) is 6.66. The smallest absolute Gasteiger partial charge is 0.273 e. The van der Waals surface area contributed by atoms with Gasteiger partial charge in [-0.15, -0.1) is 0 Å². The van der Waals surface area contributed by atoms with Crippen LogP contribution >= 0.6 is 0 Å². The van der Waals surface area contributed by atoms with E-state index in [1.165, 1.54) is 23.2 Å². The summed E-state index contributed by atoms with van der Waals surface area (Å²) in [5.74, 6) is -0.963. The van der Waals surface area contributed by atoms with Crippen molar-refractivity contribution in [3.05, 3.63) is 58.8 Å². The van der Waals surface area contributed by atoms with Gasteiger partial charge < -0.3 is 11.1 Å². The Hall–Kier alpha value is -2.96. The normalized spacial score (nSPS) is 11.7. The minimum absolute atomic E-state index is 0.264. The number of amides is 2. The molecule has 1 atom stereocenters. The topological polar surface area (TPSA) is 107 Å². The summed E-state index contributed by atoms with van der Waals surface area (Å²) in [4.78, 5) is 38.6. The van der Waals surface area contributed by atoms with Crippen LogP contribution in [0.25, 0.3) is 5.69 Å².